The lowest BCUT2D eigenvalue weighted by molar-refractivity contribution is 0.864. The van der Waals surface area contributed by atoms with Gasteiger partial charge in [0.05, 0.1) is 6.54 Å². The molecule has 0 saturated heterocycles. The SMILES string of the molecule is CC(C)C1=NCCN1c1ccc(N)cc1. The molecule has 0 saturated carbocycles. The van der Waals surface area contributed by atoms with Gasteiger partial charge < -0.3 is 10.6 Å². The van der Waals surface area contributed by atoms with Gasteiger partial charge in [-0.2, -0.15) is 0 Å². The molecule has 1 aliphatic heterocycles. The highest BCUT2D eigenvalue weighted by Crippen LogP contribution is 2.21. The molecule has 80 valence electrons. The van der Waals surface area contributed by atoms with Crippen LogP contribution in [0.25, 0.3) is 0 Å². The number of aliphatic imine (C=N–C) groups is 1. The number of nitrogens with zero attached hydrogens (tertiary/aromatic N) is 2. The smallest absolute Gasteiger partial charge is 0.106 e. The Morgan fingerprint density at radius 2 is 1.93 bits per heavy atom. The molecule has 0 fully saturated rings. The van der Waals surface area contributed by atoms with Gasteiger partial charge in [0, 0.05) is 23.8 Å². The molecular weight excluding hydrogens is 186 g/mol. The fourth-order valence-electron chi connectivity index (χ4n) is 1.87. The summed E-state index contributed by atoms with van der Waals surface area (Å²) in [5.41, 5.74) is 7.67. The number of hydrogen-bond acceptors (Lipinski definition) is 3. The van der Waals surface area contributed by atoms with Crippen molar-refractivity contribution in [3.8, 4) is 0 Å². The van der Waals surface area contributed by atoms with Gasteiger partial charge in [-0.05, 0) is 24.3 Å². The van der Waals surface area contributed by atoms with Crippen LogP contribution in [0.4, 0.5) is 11.4 Å². The second-order valence-corrected chi connectivity index (χ2v) is 4.14. The lowest BCUT2D eigenvalue weighted by atomic mass is 10.1. The van der Waals surface area contributed by atoms with Gasteiger partial charge >= 0.3 is 0 Å². The minimum atomic E-state index is 0.477. The summed E-state index contributed by atoms with van der Waals surface area (Å²) >= 11 is 0. The lowest BCUT2D eigenvalue weighted by Gasteiger charge is -2.22. The molecule has 15 heavy (non-hydrogen) atoms. The van der Waals surface area contributed by atoms with E-state index in [0.29, 0.717) is 5.92 Å². The molecule has 2 rings (SSSR count). The summed E-state index contributed by atoms with van der Waals surface area (Å²) in [5.74, 6) is 1.66. The van der Waals surface area contributed by atoms with Crippen LogP contribution < -0.4 is 10.6 Å². The summed E-state index contributed by atoms with van der Waals surface area (Å²) in [6.45, 7) is 6.23. The predicted molar refractivity (Wildman–Crippen MR) is 65.3 cm³/mol. The fourth-order valence-corrected chi connectivity index (χ4v) is 1.87. The minimum Gasteiger partial charge on any atom is -0.399 e. The third-order valence-corrected chi connectivity index (χ3v) is 2.60. The fraction of sp³-hybridized carbons (Fsp3) is 0.417. The maximum atomic E-state index is 5.67. The highest BCUT2D eigenvalue weighted by Gasteiger charge is 2.20. The molecule has 0 aromatic heterocycles. The van der Waals surface area contributed by atoms with E-state index in [0.717, 1.165) is 18.8 Å². The average Bonchev–Trinajstić information content (AvgIpc) is 2.67. The molecule has 1 aromatic carbocycles. The Bertz CT molecular complexity index is 365. The highest BCUT2D eigenvalue weighted by molar-refractivity contribution is 6.00. The largest absolute Gasteiger partial charge is 0.399 e. The van der Waals surface area contributed by atoms with Gasteiger partial charge in [0.1, 0.15) is 5.84 Å². The van der Waals surface area contributed by atoms with Gasteiger partial charge in [-0.3, -0.25) is 4.99 Å². The van der Waals surface area contributed by atoms with Crippen LogP contribution in [0.15, 0.2) is 29.3 Å². The third-order valence-electron chi connectivity index (χ3n) is 2.60. The molecule has 1 aliphatic rings. The van der Waals surface area contributed by atoms with E-state index in [-0.39, 0.29) is 0 Å². The zero-order valence-electron chi connectivity index (χ0n) is 9.27. The molecule has 0 aliphatic carbocycles. The van der Waals surface area contributed by atoms with Crippen molar-refractivity contribution in [1.82, 2.24) is 0 Å². The van der Waals surface area contributed by atoms with Crippen molar-refractivity contribution in [2.45, 2.75) is 13.8 Å². The van der Waals surface area contributed by atoms with Crippen LogP contribution in [-0.4, -0.2) is 18.9 Å². The number of nitrogens with two attached hydrogens (primary N) is 1. The standard InChI is InChI=1S/C12H17N3/c1-9(2)12-14-7-8-15(12)11-5-3-10(13)4-6-11/h3-6,9H,7-8,13H2,1-2H3. The van der Waals surface area contributed by atoms with Crippen LogP contribution >= 0.6 is 0 Å². The summed E-state index contributed by atoms with van der Waals surface area (Å²) in [5, 5.41) is 0. The van der Waals surface area contributed by atoms with Gasteiger partial charge in [0.25, 0.3) is 0 Å². The summed E-state index contributed by atoms with van der Waals surface area (Å²) in [4.78, 5) is 6.79. The Kier molecular flexibility index (Phi) is 2.62. The molecule has 2 N–H and O–H groups in total. The maximum Gasteiger partial charge on any atom is 0.106 e. The molecule has 0 bridgehead atoms. The van der Waals surface area contributed by atoms with Crippen molar-refractivity contribution in [2.24, 2.45) is 10.9 Å². The Labute approximate surface area is 90.6 Å². The highest BCUT2D eigenvalue weighted by atomic mass is 15.2. The normalized spacial score (nSPS) is 15.9. The first-order valence-electron chi connectivity index (χ1n) is 5.36. The number of anilines is 2. The summed E-state index contributed by atoms with van der Waals surface area (Å²) in [6, 6.07) is 7.98. The second kappa shape index (κ2) is 3.93. The van der Waals surface area contributed by atoms with Gasteiger partial charge in [-0.15, -0.1) is 0 Å². The molecule has 3 nitrogen and oxygen atoms in total. The molecule has 0 atom stereocenters. The number of hydrogen-bond donors (Lipinski definition) is 1. The monoisotopic (exact) mass is 203 g/mol. The van der Waals surface area contributed by atoms with Gasteiger partial charge in [-0.25, -0.2) is 0 Å². The van der Waals surface area contributed by atoms with E-state index in [2.05, 4.69) is 35.9 Å². The first-order chi connectivity index (χ1) is 7.18. The first-order valence-corrected chi connectivity index (χ1v) is 5.36. The van der Waals surface area contributed by atoms with Gasteiger partial charge in [0.2, 0.25) is 0 Å². The third kappa shape index (κ3) is 1.96. The van der Waals surface area contributed by atoms with Crippen LogP contribution in [0, 0.1) is 5.92 Å². The predicted octanol–water partition coefficient (Wildman–Crippen LogP) is 2.14. The molecule has 0 unspecified atom stereocenters. The van der Waals surface area contributed by atoms with E-state index in [9.17, 15) is 0 Å². The number of amidine groups is 1. The molecular formula is C12H17N3. The summed E-state index contributed by atoms with van der Waals surface area (Å²) in [6.07, 6.45) is 0. The van der Waals surface area contributed by atoms with Crippen molar-refractivity contribution in [2.75, 3.05) is 23.7 Å². The van der Waals surface area contributed by atoms with Crippen molar-refractivity contribution in [3.63, 3.8) is 0 Å². The molecule has 1 heterocycles. The van der Waals surface area contributed by atoms with E-state index in [4.69, 9.17) is 5.73 Å². The molecule has 1 aromatic rings. The Morgan fingerprint density at radius 1 is 1.27 bits per heavy atom. The van der Waals surface area contributed by atoms with E-state index < -0.39 is 0 Å². The quantitative estimate of drug-likeness (QED) is 0.748. The topological polar surface area (TPSA) is 41.6 Å². The van der Waals surface area contributed by atoms with E-state index in [1.54, 1.807) is 0 Å². The number of benzene rings is 1. The Balaban J connectivity index is 2.24. The lowest BCUT2D eigenvalue weighted by Crippen LogP contribution is -2.30. The zero-order chi connectivity index (χ0) is 10.8. The Hall–Kier alpha value is -1.51. The van der Waals surface area contributed by atoms with Gasteiger partial charge in [0.15, 0.2) is 0 Å². The van der Waals surface area contributed by atoms with E-state index >= 15 is 0 Å². The van der Waals surface area contributed by atoms with Crippen molar-refractivity contribution in [1.29, 1.82) is 0 Å². The van der Waals surface area contributed by atoms with E-state index in [1.165, 1.54) is 11.5 Å². The Morgan fingerprint density at radius 3 is 2.53 bits per heavy atom. The minimum absolute atomic E-state index is 0.477. The zero-order valence-corrected chi connectivity index (χ0v) is 9.27. The molecule has 0 radical (unpaired) electrons. The number of rotatable bonds is 2. The number of nitrogen functional groups attached to an aromatic ring is 1. The van der Waals surface area contributed by atoms with Crippen LogP contribution in [0.5, 0.6) is 0 Å². The van der Waals surface area contributed by atoms with Crippen LogP contribution in [0.1, 0.15) is 13.8 Å². The van der Waals surface area contributed by atoms with Crippen molar-refractivity contribution in [3.05, 3.63) is 24.3 Å². The first kappa shape index (κ1) is 10.0. The van der Waals surface area contributed by atoms with Crippen LogP contribution in [-0.2, 0) is 0 Å². The maximum absolute atomic E-state index is 5.67. The summed E-state index contributed by atoms with van der Waals surface area (Å²) in [7, 11) is 0. The van der Waals surface area contributed by atoms with E-state index in [1.807, 2.05) is 12.1 Å². The summed E-state index contributed by atoms with van der Waals surface area (Å²) < 4.78 is 0. The average molecular weight is 203 g/mol. The molecule has 0 amide bonds. The molecule has 0 spiro atoms. The van der Waals surface area contributed by atoms with Crippen LogP contribution in [0.2, 0.25) is 0 Å². The van der Waals surface area contributed by atoms with Crippen LogP contribution in [0.3, 0.4) is 0 Å². The van der Waals surface area contributed by atoms with Crippen molar-refractivity contribution < 1.29 is 0 Å². The second-order valence-electron chi connectivity index (χ2n) is 4.14. The van der Waals surface area contributed by atoms with Gasteiger partial charge in [-0.1, -0.05) is 13.8 Å². The molecule has 3 heteroatoms. The van der Waals surface area contributed by atoms with Crippen molar-refractivity contribution >= 4 is 17.2 Å².